The molecular formula is C18H19BrF2N2O3. The number of urea groups is 1. The van der Waals surface area contributed by atoms with Crippen LogP contribution in [0.3, 0.4) is 0 Å². The minimum Gasteiger partial charge on any atom is -0.493 e. The fourth-order valence-electron chi connectivity index (χ4n) is 2.26. The molecule has 0 aliphatic carbocycles. The maximum Gasteiger partial charge on any atom is 0.387 e. The third-order valence-electron chi connectivity index (χ3n) is 3.57. The minimum atomic E-state index is -2.93. The molecule has 0 fully saturated rings. The molecule has 140 valence electrons. The molecule has 5 nitrogen and oxygen atoms in total. The van der Waals surface area contributed by atoms with Gasteiger partial charge in [0.05, 0.1) is 7.11 Å². The molecular weight excluding hydrogens is 410 g/mol. The van der Waals surface area contributed by atoms with E-state index in [-0.39, 0.29) is 24.1 Å². The number of benzene rings is 2. The summed E-state index contributed by atoms with van der Waals surface area (Å²) in [4.78, 5) is 13.8. The molecule has 0 spiro atoms. The number of methoxy groups -OCH3 is 1. The van der Waals surface area contributed by atoms with E-state index in [1.807, 2.05) is 24.3 Å². The van der Waals surface area contributed by atoms with E-state index in [1.165, 1.54) is 13.2 Å². The molecule has 0 saturated carbocycles. The van der Waals surface area contributed by atoms with Crippen LogP contribution in [0.4, 0.5) is 13.6 Å². The highest BCUT2D eigenvalue weighted by molar-refractivity contribution is 9.10. The average Bonchev–Trinajstić information content (AvgIpc) is 2.62. The van der Waals surface area contributed by atoms with Gasteiger partial charge >= 0.3 is 12.6 Å². The van der Waals surface area contributed by atoms with Crippen molar-refractivity contribution in [3.8, 4) is 11.5 Å². The predicted molar refractivity (Wildman–Crippen MR) is 97.5 cm³/mol. The molecule has 0 heterocycles. The van der Waals surface area contributed by atoms with E-state index in [0.29, 0.717) is 12.1 Å². The van der Waals surface area contributed by atoms with Gasteiger partial charge in [0.2, 0.25) is 0 Å². The second-order valence-electron chi connectivity index (χ2n) is 5.50. The quantitative estimate of drug-likeness (QED) is 0.710. The molecule has 0 aromatic heterocycles. The van der Waals surface area contributed by atoms with Crippen LogP contribution in [0.25, 0.3) is 0 Å². The standard InChI is InChI=1S/C18H19BrF2N2O3/c1-23(11-12-3-6-14(19)7-4-12)18(24)22-10-13-5-8-15(26-17(20)21)16(9-13)25-2/h3-9,17H,10-11H2,1-2H3,(H,22,24). The summed E-state index contributed by atoms with van der Waals surface area (Å²) in [6.07, 6.45) is 0. The monoisotopic (exact) mass is 428 g/mol. The van der Waals surface area contributed by atoms with E-state index in [2.05, 4.69) is 26.0 Å². The number of carbonyl (C=O) groups is 1. The third-order valence-corrected chi connectivity index (χ3v) is 4.10. The first kappa shape index (κ1) is 20.0. The van der Waals surface area contributed by atoms with Gasteiger partial charge in [0.1, 0.15) is 0 Å². The van der Waals surface area contributed by atoms with Crippen LogP contribution < -0.4 is 14.8 Å². The molecule has 0 aliphatic rings. The number of rotatable bonds is 7. The third kappa shape index (κ3) is 5.87. The first-order chi connectivity index (χ1) is 12.4. The molecule has 2 aromatic carbocycles. The summed E-state index contributed by atoms with van der Waals surface area (Å²) in [5.74, 6) is 0.130. The Morgan fingerprint density at radius 3 is 2.42 bits per heavy atom. The van der Waals surface area contributed by atoms with Crippen molar-refractivity contribution >= 4 is 22.0 Å². The normalized spacial score (nSPS) is 10.5. The zero-order chi connectivity index (χ0) is 19.1. The first-order valence-electron chi connectivity index (χ1n) is 7.74. The van der Waals surface area contributed by atoms with Crippen molar-refractivity contribution in [2.45, 2.75) is 19.7 Å². The van der Waals surface area contributed by atoms with Crippen molar-refractivity contribution in [1.29, 1.82) is 0 Å². The number of alkyl halides is 2. The fraction of sp³-hybridized carbons (Fsp3) is 0.278. The summed E-state index contributed by atoms with van der Waals surface area (Å²) in [6.45, 7) is -2.24. The molecule has 2 rings (SSSR count). The molecule has 0 saturated heterocycles. The first-order valence-corrected chi connectivity index (χ1v) is 8.53. The highest BCUT2D eigenvalue weighted by atomic mass is 79.9. The van der Waals surface area contributed by atoms with E-state index in [9.17, 15) is 13.6 Å². The summed E-state index contributed by atoms with van der Waals surface area (Å²) < 4.78 is 35.1. The lowest BCUT2D eigenvalue weighted by Crippen LogP contribution is -2.36. The molecule has 26 heavy (non-hydrogen) atoms. The van der Waals surface area contributed by atoms with Gasteiger partial charge in [-0.2, -0.15) is 8.78 Å². The van der Waals surface area contributed by atoms with Gasteiger partial charge in [-0.1, -0.05) is 34.1 Å². The highest BCUT2D eigenvalue weighted by Crippen LogP contribution is 2.29. The van der Waals surface area contributed by atoms with Gasteiger partial charge in [0.15, 0.2) is 11.5 Å². The molecule has 2 aromatic rings. The molecule has 0 unspecified atom stereocenters. The van der Waals surface area contributed by atoms with Crippen molar-refractivity contribution < 1.29 is 23.0 Å². The maximum atomic E-state index is 12.3. The van der Waals surface area contributed by atoms with Crippen molar-refractivity contribution in [2.24, 2.45) is 0 Å². The van der Waals surface area contributed by atoms with Gasteiger partial charge in [0, 0.05) is 24.6 Å². The Hall–Kier alpha value is -2.35. The number of nitrogens with one attached hydrogen (secondary N) is 1. The number of ether oxygens (including phenoxy) is 2. The Kier molecular flexibility index (Phi) is 7.20. The van der Waals surface area contributed by atoms with Gasteiger partial charge in [-0.25, -0.2) is 4.79 Å². The average molecular weight is 429 g/mol. The summed E-state index contributed by atoms with van der Waals surface area (Å²) in [5, 5.41) is 2.78. The summed E-state index contributed by atoms with van der Waals surface area (Å²) in [5.41, 5.74) is 1.70. The van der Waals surface area contributed by atoms with E-state index in [1.54, 1.807) is 24.1 Å². The smallest absolute Gasteiger partial charge is 0.387 e. The van der Waals surface area contributed by atoms with Gasteiger partial charge in [-0.05, 0) is 35.4 Å². The molecule has 0 aliphatic heterocycles. The Morgan fingerprint density at radius 2 is 1.81 bits per heavy atom. The van der Waals surface area contributed by atoms with Crippen molar-refractivity contribution in [3.05, 3.63) is 58.1 Å². The molecule has 0 atom stereocenters. The topological polar surface area (TPSA) is 50.8 Å². The number of carbonyl (C=O) groups excluding carboxylic acids is 1. The molecule has 0 bridgehead atoms. The van der Waals surface area contributed by atoms with Crippen LogP contribution in [0, 0.1) is 0 Å². The maximum absolute atomic E-state index is 12.3. The van der Waals surface area contributed by atoms with E-state index in [4.69, 9.17) is 4.74 Å². The van der Waals surface area contributed by atoms with E-state index >= 15 is 0 Å². The van der Waals surface area contributed by atoms with Crippen LogP contribution in [0.1, 0.15) is 11.1 Å². The predicted octanol–water partition coefficient (Wildman–Crippen LogP) is 4.40. The van der Waals surface area contributed by atoms with E-state index < -0.39 is 6.61 Å². The fourth-order valence-corrected chi connectivity index (χ4v) is 2.53. The molecule has 1 N–H and O–H groups in total. The minimum absolute atomic E-state index is 0.0510. The number of nitrogens with zero attached hydrogens (tertiary/aromatic N) is 1. The zero-order valence-corrected chi connectivity index (χ0v) is 15.9. The van der Waals surface area contributed by atoms with Crippen LogP contribution in [0.2, 0.25) is 0 Å². The van der Waals surface area contributed by atoms with Gasteiger partial charge in [0.25, 0.3) is 0 Å². The van der Waals surface area contributed by atoms with Crippen LogP contribution in [0.15, 0.2) is 46.9 Å². The number of hydrogen-bond donors (Lipinski definition) is 1. The molecule has 8 heteroatoms. The van der Waals surface area contributed by atoms with E-state index in [0.717, 1.165) is 10.0 Å². The Balaban J connectivity index is 1.92. The second kappa shape index (κ2) is 9.38. The second-order valence-corrected chi connectivity index (χ2v) is 6.42. The Labute approximate surface area is 159 Å². The van der Waals surface area contributed by atoms with Crippen LogP contribution in [0.5, 0.6) is 11.5 Å². The van der Waals surface area contributed by atoms with Crippen LogP contribution in [-0.4, -0.2) is 31.7 Å². The Morgan fingerprint density at radius 1 is 1.15 bits per heavy atom. The lowest BCUT2D eigenvalue weighted by Gasteiger charge is -2.18. The number of amides is 2. The highest BCUT2D eigenvalue weighted by Gasteiger charge is 2.13. The number of halogens is 3. The summed E-state index contributed by atoms with van der Waals surface area (Å²) in [6, 6.07) is 12.0. The lowest BCUT2D eigenvalue weighted by molar-refractivity contribution is -0.0512. The van der Waals surface area contributed by atoms with Gasteiger partial charge in [-0.15, -0.1) is 0 Å². The zero-order valence-electron chi connectivity index (χ0n) is 14.3. The van der Waals surface area contributed by atoms with Crippen LogP contribution in [-0.2, 0) is 13.1 Å². The van der Waals surface area contributed by atoms with Crippen LogP contribution >= 0.6 is 15.9 Å². The molecule has 0 radical (unpaired) electrons. The summed E-state index contributed by atoms with van der Waals surface area (Å²) >= 11 is 3.37. The van der Waals surface area contributed by atoms with Crippen molar-refractivity contribution in [3.63, 3.8) is 0 Å². The summed E-state index contributed by atoms with van der Waals surface area (Å²) in [7, 11) is 3.06. The molecule has 2 amide bonds. The SMILES string of the molecule is COc1cc(CNC(=O)N(C)Cc2ccc(Br)cc2)ccc1OC(F)F. The van der Waals surface area contributed by atoms with Gasteiger partial charge in [-0.3, -0.25) is 0 Å². The van der Waals surface area contributed by atoms with Crippen molar-refractivity contribution in [1.82, 2.24) is 10.2 Å². The lowest BCUT2D eigenvalue weighted by atomic mass is 10.2. The Bertz CT molecular complexity index is 742. The van der Waals surface area contributed by atoms with Gasteiger partial charge < -0.3 is 19.7 Å². The number of hydrogen-bond acceptors (Lipinski definition) is 3. The van der Waals surface area contributed by atoms with Crippen molar-refractivity contribution in [2.75, 3.05) is 14.2 Å². The largest absolute Gasteiger partial charge is 0.493 e.